The van der Waals surface area contributed by atoms with Gasteiger partial charge in [0.2, 0.25) is 11.8 Å². The van der Waals surface area contributed by atoms with Crippen LogP contribution in [0.4, 0.5) is 22.4 Å². The van der Waals surface area contributed by atoms with Crippen molar-refractivity contribution in [2.75, 3.05) is 0 Å². The van der Waals surface area contributed by atoms with Crippen molar-refractivity contribution in [3.8, 4) is 5.88 Å². The van der Waals surface area contributed by atoms with Crippen LogP contribution in [0.25, 0.3) is 0 Å². The monoisotopic (exact) mass is 361 g/mol. The van der Waals surface area contributed by atoms with E-state index in [-0.39, 0.29) is 43.1 Å². The van der Waals surface area contributed by atoms with Crippen LogP contribution in [-0.4, -0.2) is 29.6 Å². The molecule has 1 aromatic rings. The van der Waals surface area contributed by atoms with Gasteiger partial charge in [-0.05, 0) is 36.3 Å². The summed E-state index contributed by atoms with van der Waals surface area (Å²) in [5.74, 6) is -3.28. The highest BCUT2D eigenvalue weighted by Crippen LogP contribution is 2.48. The largest absolute Gasteiger partial charge is 0.417 e. The van der Waals surface area contributed by atoms with Gasteiger partial charge in [0.05, 0.1) is 0 Å². The molecule has 1 heterocycles. The molecular weight excluding hydrogens is 342 g/mol. The number of halogens is 4. The topological polar surface area (TPSA) is 63.2 Å². The van der Waals surface area contributed by atoms with E-state index < -0.39 is 18.6 Å². The molecule has 0 spiro atoms. The van der Waals surface area contributed by atoms with E-state index in [0.717, 1.165) is 0 Å². The summed E-state index contributed by atoms with van der Waals surface area (Å²) in [5, 5.41) is 5.39. The Kier molecular flexibility index (Phi) is 5.01. The fourth-order valence-corrected chi connectivity index (χ4v) is 3.82. The van der Waals surface area contributed by atoms with Crippen LogP contribution >= 0.6 is 0 Å². The summed E-state index contributed by atoms with van der Waals surface area (Å²) in [5.41, 5.74) is 0.541. The van der Waals surface area contributed by atoms with Crippen molar-refractivity contribution in [2.24, 2.45) is 11.8 Å². The lowest BCUT2D eigenvalue weighted by Crippen LogP contribution is -2.50. The maximum Gasteiger partial charge on any atom is 0.388 e. The van der Waals surface area contributed by atoms with Gasteiger partial charge in [-0.3, -0.25) is 0 Å². The lowest BCUT2D eigenvalue weighted by atomic mass is 9.82. The van der Waals surface area contributed by atoms with Crippen molar-refractivity contribution >= 4 is 6.03 Å². The normalized spacial score (nSPS) is 27.2. The molecule has 1 aromatic heterocycles. The number of nitrogens with zero attached hydrogens (tertiary/aromatic N) is 1. The van der Waals surface area contributed by atoms with Crippen molar-refractivity contribution in [1.82, 2.24) is 15.6 Å². The van der Waals surface area contributed by atoms with E-state index in [0.29, 0.717) is 18.4 Å². The molecule has 3 rings (SSSR count). The third kappa shape index (κ3) is 4.52. The average molecular weight is 361 g/mol. The van der Waals surface area contributed by atoms with E-state index in [1.54, 1.807) is 6.07 Å². The Hall–Kier alpha value is -2.06. The first-order valence-electron chi connectivity index (χ1n) is 8.14. The Labute approximate surface area is 142 Å². The summed E-state index contributed by atoms with van der Waals surface area (Å²) in [6.07, 6.45) is 2.32. The second-order valence-electron chi connectivity index (χ2n) is 6.60. The fraction of sp³-hybridized carbons (Fsp3) is 0.625. The average Bonchev–Trinajstić information content (AvgIpc) is 2.76. The fourth-order valence-electron chi connectivity index (χ4n) is 3.82. The second kappa shape index (κ2) is 7.05. The summed E-state index contributed by atoms with van der Waals surface area (Å²) in [7, 11) is 0. The van der Waals surface area contributed by atoms with Crippen LogP contribution in [0.2, 0.25) is 0 Å². The Balaban J connectivity index is 1.51. The first-order valence-corrected chi connectivity index (χ1v) is 8.14. The zero-order valence-corrected chi connectivity index (χ0v) is 13.4. The molecule has 5 nitrogen and oxygen atoms in total. The first kappa shape index (κ1) is 17.8. The molecule has 2 bridgehead atoms. The number of ether oxygens (including phenoxy) is 1. The molecular formula is C16H19F4N3O2. The lowest BCUT2D eigenvalue weighted by molar-refractivity contribution is -0.0653. The van der Waals surface area contributed by atoms with E-state index in [2.05, 4.69) is 20.4 Å². The number of amides is 2. The van der Waals surface area contributed by atoms with Gasteiger partial charge in [-0.2, -0.15) is 8.78 Å². The van der Waals surface area contributed by atoms with Crippen LogP contribution in [0.3, 0.4) is 0 Å². The van der Waals surface area contributed by atoms with Crippen LogP contribution in [-0.2, 0) is 6.54 Å². The number of aromatic nitrogens is 1. The van der Waals surface area contributed by atoms with E-state index >= 15 is 0 Å². The van der Waals surface area contributed by atoms with E-state index in [1.807, 2.05) is 0 Å². The van der Waals surface area contributed by atoms with Crippen molar-refractivity contribution in [2.45, 2.75) is 50.8 Å². The molecule has 0 radical (unpaired) electrons. The molecule has 0 saturated heterocycles. The number of pyridine rings is 1. The van der Waals surface area contributed by atoms with Gasteiger partial charge < -0.3 is 15.4 Å². The van der Waals surface area contributed by atoms with Gasteiger partial charge in [-0.1, -0.05) is 0 Å². The number of urea groups is 1. The first-order chi connectivity index (χ1) is 11.8. The van der Waals surface area contributed by atoms with E-state index in [4.69, 9.17) is 0 Å². The minimum Gasteiger partial charge on any atom is -0.417 e. The number of alkyl halides is 4. The van der Waals surface area contributed by atoms with Gasteiger partial charge in [-0.25, -0.2) is 18.6 Å². The number of nitrogens with one attached hydrogen (secondary N) is 2. The zero-order valence-electron chi connectivity index (χ0n) is 13.4. The maximum absolute atomic E-state index is 13.6. The second-order valence-corrected chi connectivity index (χ2v) is 6.60. The molecule has 2 saturated carbocycles. The van der Waals surface area contributed by atoms with Crippen LogP contribution in [0.15, 0.2) is 18.3 Å². The molecule has 3 atom stereocenters. The number of carbonyl (C=O) groups excluding carboxylic acids is 1. The van der Waals surface area contributed by atoms with Gasteiger partial charge in [0.25, 0.3) is 0 Å². The highest BCUT2D eigenvalue weighted by Gasteiger charge is 2.50. The molecule has 1 unspecified atom stereocenters. The van der Waals surface area contributed by atoms with Crippen LogP contribution in [0.5, 0.6) is 5.88 Å². The van der Waals surface area contributed by atoms with Crippen molar-refractivity contribution in [3.05, 3.63) is 23.9 Å². The third-order valence-electron chi connectivity index (χ3n) is 4.81. The summed E-state index contributed by atoms with van der Waals surface area (Å²) in [4.78, 5) is 15.7. The number of hydrogen-bond acceptors (Lipinski definition) is 3. The number of rotatable bonds is 5. The van der Waals surface area contributed by atoms with Gasteiger partial charge in [0.1, 0.15) is 0 Å². The van der Waals surface area contributed by atoms with Gasteiger partial charge >= 0.3 is 12.6 Å². The molecule has 2 aliphatic rings. The van der Waals surface area contributed by atoms with Crippen LogP contribution in [0.1, 0.15) is 31.2 Å². The minimum absolute atomic E-state index is 0.0894. The number of carbonyl (C=O) groups is 1. The third-order valence-corrected chi connectivity index (χ3v) is 4.81. The van der Waals surface area contributed by atoms with Crippen molar-refractivity contribution in [3.63, 3.8) is 0 Å². The van der Waals surface area contributed by atoms with E-state index in [9.17, 15) is 22.4 Å². The Morgan fingerprint density at radius 3 is 2.64 bits per heavy atom. The van der Waals surface area contributed by atoms with Crippen LogP contribution in [0, 0.1) is 11.8 Å². The van der Waals surface area contributed by atoms with Gasteiger partial charge in [0, 0.05) is 37.7 Å². The minimum atomic E-state index is -2.97. The Bertz CT molecular complexity index is 613. The summed E-state index contributed by atoms with van der Waals surface area (Å²) >= 11 is 0. The van der Waals surface area contributed by atoms with Gasteiger partial charge in [-0.15, -0.1) is 0 Å². The van der Waals surface area contributed by atoms with Gasteiger partial charge in [0.15, 0.2) is 0 Å². The molecule has 9 heteroatoms. The highest BCUT2D eigenvalue weighted by molar-refractivity contribution is 5.74. The molecule has 2 fully saturated rings. The summed E-state index contributed by atoms with van der Waals surface area (Å²) in [6, 6.07) is 2.16. The molecule has 0 aromatic carbocycles. The summed E-state index contributed by atoms with van der Waals surface area (Å²) in [6.45, 7) is -2.88. The molecule has 2 N–H and O–H groups in total. The van der Waals surface area contributed by atoms with Crippen molar-refractivity contribution < 1.29 is 27.1 Å². The highest BCUT2D eigenvalue weighted by atomic mass is 19.3. The standard InChI is InChI=1S/C16H19F4N3O2/c17-14(18)25-12-5-9(3-4-21-12)8-22-15(24)23-13-10-1-2-11(13)7-16(19,20)6-10/h3-5,10-11,13-14H,1-2,6-8H2,(H2,22,23,24)/t10-,11+,13?. The van der Waals surface area contributed by atoms with E-state index in [1.165, 1.54) is 12.3 Å². The maximum atomic E-state index is 13.6. The Morgan fingerprint density at radius 1 is 1.32 bits per heavy atom. The molecule has 138 valence electrons. The number of hydrogen-bond donors (Lipinski definition) is 2. The lowest BCUT2D eigenvalue weighted by Gasteiger charge is -2.35. The molecule has 2 amide bonds. The van der Waals surface area contributed by atoms with Crippen LogP contribution < -0.4 is 15.4 Å². The van der Waals surface area contributed by atoms with Crippen molar-refractivity contribution in [1.29, 1.82) is 0 Å². The number of fused-ring (bicyclic) bond motifs is 2. The summed E-state index contributed by atoms with van der Waals surface area (Å²) < 4.78 is 55.6. The molecule has 25 heavy (non-hydrogen) atoms. The predicted octanol–water partition coefficient (Wildman–Crippen LogP) is 3.31. The molecule has 0 aliphatic heterocycles. The Morgan fingerprint density at radius 2 is 2.00 bits per heavy atom. The molecule has 2 aliphatic carbocycles. The predicted molar refractivity (Wildman–Crippen MR) is 80.4 cm³/mol. The quantitative estimate of drug-likeness (QED) is 0.791. The zero-order chi connectivity index (χ0) is 18.0. The smallest absolute Gasteiger partial charge is 0.388 e. The SMILES string of the molecule is O=C(NCc1ccnc(OC(F)F)c1)NC1[C@@H]2CC[C@H]1CC(F)(F)C2.